The van der Waals surface area contributed by atoms with E-state index in [4.69, 9.17) is 5.11 Å². The third kappa shape index (κ3) is 2.09. The van der Waals surface area contributed by atoms with Crippen LogP contribution < -0.4 is 4.74 Å². The van der Waals surface area contributed by atoms with Gasteiger partial charge in [-0.05, 0) is 11.6 Å². The van der Waals surface area contributed by atoms with Crippen LogP contribution in [0.1, 0.15) is 19.4 Å². The highest BCUT2D eigenvalue weighted by Crippen LogP contribution is 2.32. The van der Waals surface area contributed by atoms with Crippen LogP contribution in [0.5, 0.6) is 5.75 Å². The number of halogens is 2. The molecule has 0 aliphatic carbocycles. The third-order valence-corrected chi connectivity index (χ3v) is 2.38. The maximum Gasteiger partial charge on any atom is 0.190 e. The molecule has 84 valence electrons. The van der Waals surface area contributed by atoms with Gasteiger partial charge in [0.2, 0.25) is 0 Å². The Morgan fingerprint density at radius 1 is 1.33 bits per heavy atom. The Morgan fingerprint density at radius 3 is 2.40 bits per heavy atom. The number of aliphatic hydroxyl groups excluding tert-OH is 1. The lowest BCUT2D eigenvalue weighted by Crippen LogP contribution is -2.24. The molecule has 0 saturated carbocycles. The lowest BCUT2D eigenvalue weighted by molar-refractivity contribution is 0.213. The van der Waals surface area contributed by atoms with Crippen molar-refractivity contribution in [2.24, 2.45) is 0 Å². The molecule has 0 atom stereocenters. The van der Waals surface area contributed by atoms with Crippen molar-refractivity contribution in [2.45, 2.75) is 19.3 Å². The van der Waals surface area contributed by atoms with Crippen molar-refractivity contribution in [1.82, 2.24) is 0 Å². The molecule has 0 aliphatic rings. The van der Waals surface area contributed by atoms with Crippen LogP contribution in [0.25, 0.3) is 0 Å². The molecule has 0 unspecified atom stereocenters. The lowest BCUT2D eigenvalue weighted by atomic mass is 9.85. The molecule has 0 saturated heterocycles. The Kier molecular flexibility index (Phi) is 3.29. The van der Waals surface area contributed by atoms with Crippen LogP contribution in [0.4, 0.5) is 8.78 Å². The van der Waals surface area contributed by atoms with Crippen LogP contribution in [0.2, 0.25) is 0 Å². The van der Waals surface area contributed by atoms with Crippen molar-refractivity contribution >= 4 is 0 Å². The minimum atomic E-state index is -0.759. The molecule has 0 heterocycles. The van der Waals surface area contributed by atoms with E-state index in [0.29, 0.717) is 0 Å². The van der Waals surface area contributed by atoms with Crippen molar-refractivity contribution in [3.8, 4) is 5.75 Å². The maximum absolute atomic E-state index is 13.7. The van der Waals surface area contributed by atoms with Gasteiger partial charge in [-0.2, -0.15) is 0 Å². The predicted octanol–water partition coefficient (Wildman–Crippen LogP) is 2.24. The molecule has 0 bridgehead atoms. The van der Waals surface area contributed by atoms with Gasteiger partial charge in [0.25, 0.3) is 0 Å². The molecule has 0 radical (unpaired) electrons. The van der Waals surface area contributed by atoms with E-state index in [9.17, 15) is 8.78 Å². The standard InChI is InChI=1S/C11H14F2O2/c1-11(2,6-14)7-4-5-8(12)10(15-3)9(7)13/h4-5,14H,6H2,1-3H3. The fraction of sp³-hybridized carbons (Fsp3) is 0.455. The fourth-order valence-electron chi connectivity index (χ4n) is 1.33. The lowest BCUT2D eigenvalue weighted by Gasteiger charge is -2.23. The number of benzene rings is 1. The number of methoxy groups -OCH3 is 1. The molecule has 0 aliphatic heterocycles. The predicted molar refractivity (Wildman–Crippen MR) is 53.0 cm³/mol. The SMILES string of the molecule is COc1c(F)ccc(C(C)(C)CO)c1F. The van der Waals surface area contributed by atoms with Gasteiger partial charge >= 0.3 is 0 Å². The summed E-state index contributed by atoms with van der Waals surface area (Å²) >= 11 is 0. The number of rotatable bonds is 3. The van der Waals surface area contributed by atoms with Gasteiger partial charge in [0.15, 0.2) is 17.4 Å². The summed E-state index contributed by atoms with van der Waals surface area (Å²) in [6.07, 6.45) is 0. The summed E-state index contributed by atoms with van der Waals surface area (Å²) < 4.78 is 31.5. The smallest absolute Gasteiger partial charge is 0.190 e. The van der Waals surface area contributed by atoms with Gasteiger partial charge in [0.1, 0.15) is 0 Å². The summed E-state index contributed by atoms with van der Waals surface area (Å²) in [6.45, 7) is 3.12. The zero-order valence-electron chi connectivity index (χ0n) is 8.97. The Balaban J connectivity index is 3.34. The molecule has 0 fully saturated rings. The molecule has 0 spiro atoms. The van der Waals surface area contributed by atoms with E-state index in [1.165, 1.54) is 13.2 Å². The zero-order chi connectivity index (χ0) is 11.6. The summed E-state index contributed by atoms with van der Waals surface area (Å²) in [6, 6.07) is 2.46. The minimum absolute atomic E-state index is 0.224. The second-order valence-electron chi connectivity index (χ2n) is 3.98. The van der Waals surface area contributed by atoms with Gasteiger partial charge in [0, 0.05) is 5.41 Å². The molecule has 0 amide bonds. The molecule has 4 heteroatoms. The first-order valence-electron chi connectivity index (χ1n) is 4.57. The van der Waals surface area contributed by atoms with Gasteiger partial charge in [-0.3, -0.25) is 0 Å². The first-order chi connectivity index (χ1) is 6.94. The molecule has 1 aromatic carbocycles. The highest BCUT2D eigenvalue weighted by molar-refractivity contribution is 5.36. The number of aliphatic hydroxyl groups is 1. The van der Waals surface area contributed by atoms with Crippen molar-refractivity contribution < 1.29 is 18.6 Å². The van der Waals surface area contributed by atoms with Crippen LogP contribution in [0.15, 0.2) is 12.1 Å². The Labute approximate surface area is 87.5 Å². The Hall–Kier alpha value is -1.16. The maximum atomic E-state index is 13.7. The van der Waals surface area contributed by atoms with Gasteiger partial charge in [-0.1, -0.05) is 19.9 Å². The largest absolute Gasteiger partial charge is 0.491 e. The van der Waals surface area contributed by atoms with E-state index < -0.39 is 22.8 Å². The van der Waals surface area contributed by atoms with Crippen LogP contribution in [-0.2, 0) is 5.41 Å². The van der Waals surface area contributed by atoms with Gasteiger partial charge < -0.3 is 9.84 Å². The van der Waals surface area contributed by atoms with E-state index in [-0.39, 0.29) is 12.2 Å². The van der Waals surface area contributed by atoms with Crippen molar-refractivity contribution in [1.29, 1.82) is 0 Å². The number of ether oxygens (including phenoxy) is 1. The van der Waals surface area contributed by atoms with Crippen molar-refractivity contribution in [2.75, 3.05) is 13.7 Å². The van der Waals surface area contributed by atoms with Crippen LogP contribution in [-0.4, -0.2) is 18.8 Å². The van der Waals surface area contributed by atoms with Gasteiger partial charge in [-0.15, -0.1) is 0 Å². The summed E-state index contributed by atoms with van der Waals surface area (Å²) in [5.41, 5.74) is -0.520. The highest BCUT2D eigenvalue weighted by atomic mass is 19.1. The third-order valence-electron chi connectivity index (χ3n) is 2.38. The summed E-state index contributed by atoms with van der Waals surface area (Å²) in [5, 5.41) is 9.10. The highest BCUT2D eigenvalue weighted by Gasteiger charge is 2.26. The number of hydrogen-bond donors (Lipinski definition) is 1. The average molecular weight is 216 g/mol. The molecular formula is C11H14F2O2. The molecule has 15 heavy (non-hydrogen) atoms. The van der Waals surface area contributed by atoms with Gasteiger partial charge in [0.05, 0.1) is 13.7 Å². The first kappa shape index (κ1) is 11.9. The molecule has 1 aromatic rings. The summed E-state index contributed by atoms with van der Waals surface area (Å²) in [4.78, 5) is 0. The molecule has 0 aromatic heterocycles. The Bertz CT molecular complexity index is 362. The average Bonchev–Trinajstić information content (AvgIpc) is 2.18. The number of hydrogen-bond acceptors (Lipinski definition) is 2. The van der Waals surface area contributed by atoms with E-state index in [1.54, 1.807) is 13.8 Å². The topological polar surface area (TPSA) is 29.5 Å². The monoisotopic (exact) mass is 216 g/mol. The molecular weight excluding hydrogens is 202 g/mol. The molecule has 1 rings (SSSR count). The van der Waals surface area contributed by atoms with E-state index >= 15 is 0 Å². The second-order valence-corrected chi connectivity index (χ2v) is 3.98. The summed E-state index contributed by atoms with van der Waals surface area (Å²) in [7, 11) is 1.21. The van der Waals surface area contributed by atoms with E-state index in [0.717, 1.165) is 6.07 Å². The van der Waals surface area contributed by atoms with Crippen LogP contribution >= 0.6 is 0 Å². The van der Waals surface area contributed by atoms with Gasteiger partial charge in [-0.25, -0.2) is 8.78 Å². The minimum Gasteiger partial charge on any atom is -0.491 e. The fourth-order valence-corrected chi connectivity index (χ4v) is 1.33. The van der Waals surface area contributed by atoms with Crippen molar-refractivity contribution in [3.05, 3.63) is 29.3 Å². The second kappa shape index (κ2) is 4.14. The zero-order valence-corrected chi connectivity index (χ0v) is 8.97. The molecule has 2 nitrogen and oxygen atoms in total. The van der Waals surface area contributed by atoms with Crippen LogP contribution in [0.3, 0.4) is 0 Å². The normalized spacial score (nSPS) is 11.6. The van der Waals surface area contributed by atoms with Crippen LogP contribution in [0, 0.1) is 11.6 Å². The Morgan fingerprint density at radius 2 is 1.93 bits per heavy atom. The summed E-state index contributed by atoms with van der Waals surface area (Å²) in [5.74, 6) is -1.90. The van der Waals surface area contributed by atoms with E-state index in [2.05, 4.69) is 4.74 Å². The quantitative estimate of drug-likeness (QED) is 0.839. The van der Waals surface area contributed by atoms with E-state index in [1.807, 2.05) is 0 Å². The van der Waals surface area contributed by atoms with Crippen molar-refractivity contribution in [3.63, 3.8) is 0 Å². The first-order valence-corrected chi connectivity index (χ1v) is 4.57. The molecule has 1 N–H and O–H groups in total.